The Bertz CT molecular complexity index is 648. The summed E-state index contributed by atoms with van der Waals surface area (Å²) < 4.78 is 50.6. The summed E-state index contributed by atoms with van der Waals surface area (Å²) in [7, 11) is 0. The molecular formula is C11H6ClF4N3O. The molecule has 0 saturated carbocycles. The van der Waals surface area contributed by atoms with Gasteiger partial charge in [0.05, 0.1) is 0 Å². The van der Waals surface area contributed by atoms with E-state index < -0.39 is 28.7 Å². The minimum Gasteiger partial charge on any atom is -0.505 e. The maximum absolute atomic E-state index is 13.1. The molecule has 2 rings (SSSR count). The van der Waals surface area contributed by atoms with Gasteiger partial charge in [0.25, 0.3) is 0 Å². The first-order valence-electron chi connectivity index (χ1n) is 5.13. The van der Waals surface area contributed by atoms with E-state index in [1.54, 1.807) is 0 Å². The van der Waals surface area contributed by atoms with Crippen molar-refractivity contribution in [2.45, 2.75) is 6.18 Å². The summed E-state index contributed by atoms with van der Waals surface area (Å²) in [6.07, 6.45) is -4.75. The van der Waals surface area contributed by atoms with Crippen LogP contribution in [0.3, 0.4) is 0 Å². The zero-order valence-corrected chi connectivity index (χ0v) is 10.3. The smallest absolute Gasteiger partial charge is 0.451 e. The Balaban J connectivity index is 2.33. The Kier molecular flexibility index (Phi) is 3.67. The maximum Gasteiger partial charge on any atom is 0.451 e. The maximum atomic E-state index is 13.1. The summed E-state index contributed by atoms with van der Waals surface area (Å²) in [5.41, 5.74) is 0.100. The van der Waals surface area contributed by atoms with Crippen LogP contribution in [0.15, 0.2) is 24.3 Å². The Hall–Kier alpha value is -2.09. The van der Waals surface area contributed by atoms with E-state index in [4.69, 9.17) is 16.7 Å². The van der Waals surface area contributed by atoms with Crippen LogP contribution in [0.5, 0.6) is 5.75 Å². The fourth-order valence-corrected chi connectivity index (χ4v) is 1.52. The highest BCUT2D eigenvalue weighted by atomic mass is 35.5. The number of anilines is 2. The van der Waals surface area contributed by atoms with Crippen LogP contribution < -0.4 is 5.32 Å². The number of alkyl halides is 3. The van der Waals surface area contributed by atoms with Crippen molar-refractivity contribution in [2.24, 2.45) is 0 Å². The van der Waals surface area contributed by atoms with Gasteiger partial charge < -0.3 is 10.4 Å². The van der Waals surface area contributed by atoms with Crippen molar-refractivity contribution in [2.75, 3.05) is 5.32 Å². The van der Waals surface area contributed by atoms with Crippen molar-refractivity contribution >= 4 is 23.1 Å². The number of aromatic nitrogens is 2. The fraction of sp³-hybridized carbons (Fsp3) is 0.0909. The van der Waals surface area contributed by atoms with Gasteiger partial charge in [0.2, 0.25) is 5.82 Å². The van der Waals surface area contributed by atoms with Crippen LogP contribution in [-0.2, 0) is 6.18 Å². The largest absolute Gasteiger partial charge is 0.505 e. The van der Waals surface area contributed by atoms with Crippen molar-refractivity contribution in [1.29, 1.82) is 0 Å². The number of phenolic OH excluding ortho intramolecular Hbond substituents is 1. The molecule has 0 atom stereocenters. The van der Waals surface area contributed by atoms with Crippen LogP contribution in [-0.4, -0.2) is 15.1 Å². The minimum absolute atomic E-state index is 0.100. The molecule has 0 aliphatic carbocycles. The normalized spacial score (nSPS) is 11.4. The van der Waals surface area contributed by atoms with Crippen molar-refractivity contribution < 1.29 is 22.7 Å². The zero-order valence-electron chi connectivity index (χ0n) is 9.54. The van der Waals surface area contributed by atoms with E-state index in [-0.39, 0.29) is 11.5 Å². The van der Waals surface area contributed by atoms with Crippen LogP contribution in [0.2, 0.25) is 5.15 Å². The average Bonchev–Trinajstić information content (AvgIpc) is 2.32. The second-order valence-electron chi connectivity index (χ2n) is 3.69. The molecule has 0 amide bonds. The molecule has 0 unspecified atom stereocenters. The second kappa shape index (κ2) is 5.12. The van der Waals surface area contributed by atoms with Crippen molar-refractivity contribution in [3.63, 3.8) is 0 Å². The van der Waals surface area contributed by atoms with Crippen molar-refractivity contribution in [3.05, 3.63) is 41.1 Å². The molecule has 0 fully saturated rings. The topological polar surface area (TPSA) is 58.0 Å². The van der Waals surface area contributed by atoms with Gasteiger partial charge in [-0.1, -0.05) is 11.6 Å². The molecule has 2 N–H and O–H groups in total. The van der Waals surface area contributed by atoms with Gasteiger partial charge in [0.15, 0.2) is 11.6 Å². The van der Waals surface area contributed by atoms with Crippen molar-refractivity contribution in [1.82, 2.24) is 9.97 Å². The van der Waals surface area contributed by atoms with Crippen LogP contribution >= 0.6 is 11.6 Å². The van der Waals surface area contributed by atoms with E-state index in [1.165, 1.54) is 6.07 Å². The quantitative estimate of drug-likeness (QED) is 0.504. The number of hydrogen-bond acceptors (Lipinski definition) is 4. The Morgan fingerprint density at radius 3 is 2.45 bits per heavy atom. The van der Waals surface area contributed by atoms with Crippen molar-refractivity contribution in [3.8, 4) is 5.75 Å². The SMILES string of the molecule is Oc1ccc(Nc2cc(Cl)nc(C(F)(F)F)n2)cc1F. The molecule has 4 nitrogen and oxygen atoms in total. The second-order valence-corrected chi connectivity index (χ2v) is 4.08. The molecule has 0 aliphatic rings. The molecule has 1 aromatic heterocycles. The van der Waals surface area contributed by atoms with E-state index in [1.807, 2.05) is 0 Å². The number of rotatable bonds is 2. The van der Waals surface area contributed by atoms with Crippen LogP contribution in [0, 0.1) is 5.82 Å². The lowest BCUT2D eigenvalue weighted by Gasteiger charge is -2.10. The Morgan fingerprint density at radius 1 is 1.15 bits per heavy atom. The first kappa shape index (κ1) is 14.3. The third kappa shape index (κ3) is 3.27. The monoisotopic (exact) mass is 307 g/mol. The average molecular weight is 308 g/mol. The molecule has 1 aromatic carbocycles. The number of phenols is 1. The van der Waals surface area contributed by atoms with E-state index in [9.17, 15) is 17.6 Å². The van der Waals surface area contributed by atoms with E-state index in [0.29, 0.717) is 0 Å². The predicted octanol–water partition coefficient (Wildman–Crippen LogP) is 3.74. The Labute approximate surface area is 115 Å². The molecule has 0 saturated heterocycles. The van der Waals surface area contributed by atoms with E-state index in [0.717, 1.165) is 18.2 Å². The fourth-order valence-electron chi connectivity index (χ4n) is 1.34. The first-order chi connectivity index (χ1) is 9.25. The van der Waals surface area contributed by atoms with Gasteiger partial charge in [-0.2, -0.15) is 13.2 Å². The summed E-state index contributed by atoms with van der Waals surface area (Å²) in [4.78, 5) is 6.29. The molecule has 0 bridgehead atoms. The lowest BCUT2D eigenvalue weighted by Crippen LogP contribution is -2.12. The standard InChI is InChI=1S/C11H6ClF4N3O/c12-8-4-9(19-10(18-8)11(14,15)16)17-5-1-2-7(20)6(13)3-5/h1-4,20H,(H,17,18,19). The third-order valence-corrected chi connectivity index (χ3v) is 2.36. The van der Waals surface area contributed by atoms with Gasteiger partial charge in [-0.25, -0.2) is 14.4 Å². The molecule has 9 heteroatoms. The van der Waals surface area contributed by atoms with Gasteiger partial charge in [-0.3, -0.25) is 0 Å². The summed E-state index contributed by atoms with van der Waals surface area (Å²) >= 11 is 5.47. The first-order valence-corrected chi connectivity index (χ1v) is 5.51. The Morgan fingerprint density at radius 2 is 1.85 bits per heavy atom. The molecule has 0 aliphatic heterocycles. The number of halogens is 5. The number of nitrogens with one attached hydrogen (secondary N) is 1. The summed E-state index contributed by atoms with van der Waals surface area (Å²) in [5.74, 6) is -3.16. The molecule has 20 heavy (non-hydrogen) atoms. The highest BCUT2D eigenvalue weighted by Crippen LogP contribution is 2.29. The molecular weight excluding hydrogens is 302 g/mol. The lowest BCUT2D eigenvalue weighted by atomic mass is 10.3. The van der Waals surface area contributed by atoms with E-state index in [2.05, 4.69) is 15.3 Å². The predicted molar refractivity (Wildman–Crippen MR) is 63.4 cm³/mol. The molecule has 0 spiro atoms. The van der Waals surface area contributed by atoms with Crippen LogP contribution in [0.25, 0.3) is 0 Å². The minimum atomic E-state index is -4.75. The number of aromatic hydroxyl groups is 1. The number of hydrogen-bond donors (Lipinski definition) is 2. The third-order valence-electron chi connectivity index (χ3n) is 2.17. The molecule has 1 heterocycles. The van der Waals surface area contributed by atoms with Gasteiger partial charge >= 0.3 is 6.18 Å². The van der Waals surface area contributed by atoms with Gasteiger partial charge in [0.1, 0.15) is 11.0 Å². The van der Waals surface area contributed by atoms with Gasteiger partial charge in [0, 0.05) is 17.8 Å². The summed E-state index contributed by atoms with van der Waals surface area (Å²) in [5, 5.41) is 11.0. The van der Waals surface area contributed by atoms with Crippen LogP contribution in [0.1, 0.15) is 5.82 Å². The number of nitrogens with zero attached hydrogens (tertiary/aromatic N) is 2. The van der Waals surface area contributed by atoms with Gasteiger partial charge in [-0.15, -0.1) is 0 Å². The molecule has 106 valence electrons. The lowest BCUT2D eigenvalue weighted by molar-refractivity contribution is -0.144. The molecule has 0 radical (unpaired) electrons. The number of benzene rings is 1. The zero-order chi connectivity index (χ0) is 14.9. The summed E-state index contributed by atoms with van der Waals surface area (Å²) in [6.45, 7) is 0. The van der Waals surface area contributed by atoms with Crippen LogP contribution in [0.4, 0.5) is 29.1 Å². The summed E-state index contributed by atoms with van der Waals surface area (Å²) in [6, 6.07) is 4.27. The highest BCUT2D eigenvalue weighted by Gasteiger charge is 2.35. The van der Waals surface area contributed by atoms with Gasteiger partial charge in [-0.05, 0) is 12.1 Å². The highest BCUT2D eigenvalue weighted by molar-refractivity contribution is 6.29. The molecule has 2 aromatic rings. The van der Waals surface area contributed by atoms with E-state index >= 15 is 0 Å².